The molecule has 4 nitrogen and oxygen atoms in total. The molecule has 0 spiro atoms. The van der Waals surface area contributed by atoms with Gasteiger partial charge in [0.1, 0.15) is 11.8 Å². The lowest BCUT2D eigenvalue weighted by Gasteiger charge is -2.32. The maximum Gasteiger partial charge on any atom is 0.325 e. The van der Waals surface area contributed by atoms with Crippen molar-refractivity contribution in [2.45, 2.75) is 25.3 Å². The summed E-state index contributed by atoms with van der Waals surface area (Å²) in [6, 6.07) is 6.78. The zero-order valence-corrected chi connectivity index (χ0v) is 11.9. The lowest BCUT2D eigenvalue weighted by molar-refractivity contribution is -0.144. The van der Waals surface area contributed by atoms with Gasteiger partial charge >= 0.3 is 5.97 Å². The molecule has 1 unspecified atom stereocenters. The van der Waals surface area contributed by atoms with E-state index in [2.05, 4.69) is 0 Å². The molecule has 1 fully saturated rings. The van der Waals surface area contributed by atoms with E-state index in [1.807, 2.05) is 29.2 Å². The SMILES string of the molecule is COc1ccc(C(C(=O)O)N2CCCCC2)cc1.Cl. The second-order valence-corrected chi connectivity index (χ2v) is 4.61. The number of halogens is 1. The molecule has 1 atom stereocenters. The van der Waals surface area contributed by atoms with Crippen molar-refractivity contribution in [1.82, 2.24) is 4.90 Å². The molecule has 0 saturated carbocycles. The summed E-state index contributed by atoms with van der Waals surface area (Å²) < 4.78 is 5.09. The van der Waals surface area contributed by atoms with Crippen molar-refractivity contribution in [3.63, 3.8) is 0 Å². The number of nitrogens with zero attached hydrogens (tertiary/aromatic N) is 1. The van der Waals surface area contributed by atoms with Crippen LogP contribution in [0.25, 0.3) is 0 Å². The number of aliphatic carboxylic acids is 1. The molecule has 19 heavy (non-hydrogen) atoms. The van der Waals surface area contributed by atoms with Gasteiger partial charge in [-0.15, -0.1) is 12.4 Å². The molecule has 1 aromatic rings. The van der Waals surface area contributed by atoms with E-state index in [9.17, 15) is 9.90 Å². The Hall–Kier alpha value is -1.26. The first-order valence-electron chi connectivity index (χ1n) is 6.33. The Kier molecular flexibility index (Phi) is 6.12. The van der Waals surface area contributed by atoms with Gasteiger partial charge in [-0.3, -0.25) is 9.69 Å². The topological polar surface area (TPSA) is 49.8 Å². The van der Waals surface area contributed by atoms with Crippen LogP contribution in [0, 0.1) is 0 Å². The minimum Gasteiger partial charge on any atom is -0.497 e. The summed E-state index contributed by atoms with van der Waals surface area (Å²) in [5.74, 6) is -0.0244. The number of piperidine rings is 1. The second-order valence-electron chi connectivity index (χ2n) is 4.61. The molecule has 1 aliphatic rings. The monoisotopic (exact) mass is 285 g/mol. The van der Waals surface area contributed by atoms with Gasteiger partial charge < -0.3 is 9.84 Å². The Labute approximate surface area is 119 Å². The van der Waals surface area contributed by atoms with Crippen molar-refractivity contribution in [1.29, 1.82) is 0 Å². The molecule has 1 saturated heterocycles. The highest BCUT2D eigenvalue weighted by Gasteiger charge is 2.28. The molecule has 106 valence electrons. The van der Waals surface area contributed by atoms with Crippen LogP contribution in [0.4, 0.5) is 0 Å². The highest BCUT2D eigenvalue weighted by molar-refractivity contribution is 5.85. The summed E-state index contributed by atoms with van der Waals surface area (Å²) in [5, 5.41) is 9.43. The first-order chi connectivity index (χ1) is 8.72. The largest absolute Gasteiger partial charge is 0.497 e. The minimum atomic E-state index is -0.776. The number of methoxy groups -OCH3 is 1. The average Bonchev–Trinajstić information content (AvgIpc) is 2.40. The third-order valence-electron chi connectivity index (χ3n) is 3.42. The summed E-state index contributed by atoms with van der Waals surface area (Å²) >= 11 is 0. The lowest BCUT2D eigenvalue weighted by atomic mass is 10.0. The molecule has 0 bridgehead atoms. The fraction of sp³-hybridized carbons (Fsp3) is 0.500. The van der Waals surface area contributed by atoms with Gasteiger partial charge in [0.15, 0.2) is 0 Å². The maximum atomic E-state index is 11.5. The fourth-order valence-corrected chi connectivity index (χ4v) is 2.47. The molecule has 5 heteroatoms. The highest BCUT2D eigenvalue weighted by atomic mass is 35.5. The summed E-state index contributed by atoms with van der Waals surface area (Å²) in [4.78, 5) is 13.5. The van der Waals surface area contributed by atoms with Gasteiger partial charge in [0.25, 0.3) is 0 Å². The Morgan fingerprint density at radius 2 is 1.79 bits per heavy atom. The molecule has 0 aromatic heterocycles. The molecule has 1 aromatic carbocycles. The van der Waals surface area contributed by atoms with Gasteiger partial charge in [0, 0.05) is 0 Å². The molecular weight excluding hydrogens is 266 g/mol. The first-order valence-corrected chi connectivity index (χ1v) is 6.33. The van der Waals surface area contributed by atoms with Crippen molar-refractivity contribution in [3.05, 3.63) is 29.8 Å². The van der Waals surface area contributed by atoms with E-state index in [-0.39, 0.29) is 12.4 Å². The van der Waals surface area contributed by atoms with Crippen LogP contribution in [0.15, 0.2) is 24.3 Å². The second kappa shape index (κ2) is 7.36. The van der Waals surface area contributed by atoms with Gasteiger partial charge in [-0.1, -0.05) is 18.6 Å². The van der Waals surface area contributed by atoms with E-state index in [4.69, 9.17) is 4.74 Å². The number of carboxylic acid groups (broad SMARTS) is 1. The molecule has 0 radical (unpaired) electrons. The van der Waals surface area contributed by atoms with Crippen LogP contribution in [0.3, 0.4) is 0 Å². The van der Waals surface area contributed by atoms with Gasteiger partial charge in [-0.05, 0) is 43.6 Å². The van der Waals surface area contributed by atoms with Crippen LogP contribution < -0.4 is 4.74 Å². The third kappa shape index (κ3) is 3.85. The predicted octanol–water partition coefficient (Wildman–Crippen LogP) is 2.73. The minimum absolute atomic E-state index is 0. The molecular formula is C14H20ClNO3. The molecule has 1 N–H and O–H groups in total. The number of carbonyl (C=O) groups is 1. The van der Waals surface area contributed by atoms with Crippen LogP contribution in [-0.2, 0) is 4.79 Å². The van der Waals surface area contributed by atoms with Crippen LogP contribution >= 0.6 is 12.4 Å². The Balaban J connectivity index is 0.00000180. The van der Waals surface area contributed by atoms with Gasteiger partial charge in [0.2, 0.25) is 0 Å². The smallest absolute Gasteiger partial charge is 0.325 e. The van der Waals surface area contributed by atoms with Crippen molar-refractivity contribution in [2.75, 3.05) is 20.2 Å². The number of benzene rings is 1. The number of hydrogen-bond donors (Lipinski definition) is 1. The summed E-state index contributed by atoms with van der Waals surface area (Å²) in [7, 11) is 1.61. The molecule has 0 amide bonds. The van der Waals surface area contributed by atoms with E-state index < -0.39 is 12.0 Å². The molecule has 0 aliphatic carbocycles. The maximum absolute atomic E-state index is 11.5. The predicted molar refractivity (Wildman–Crippen MR) is 76.0 cm³/mol. The van der Waals surface area contributed by atoms with Gasteiger partial charge in [-0.2, -0.15) is 0 Å². The third-order valence-corrected chi connectivity index (χ3v) is 3.42. The standard InChI is InChI=1S/C14H19NO3.ClH/c1-18-12-7-5-11(6-8-12)13(14(16)17)15-9-3-2-4-10-15;/h5-8,13H,2-4,9-10H2,1H3,(H,16,17);1H. The lowest BCUT2D eigenvalue weighted by Crippen LogP contribution is -2.37. The van der Waals surface area contributed by atoms with E-state index >= 15 is 0 Å². The zero-order chi connectivity index (χ0) is 13.0. The quantitative estimate of drug-likeness (QED) is 0.924. The fourth-order valence-electron chi connectivity index (χ4n) is 2.47. The van der Waals surface area contributed by atoms with Crippen molar-refractivity contribution in [2.24, 2.45) is 0 Å². The number of rotatable bonds is 4. The van der Waals surface area contributed by atoms with Crippen molar-refractivity contribution in [3.8, 4) is 5.75 Å². The van der Waals surface area contributed by atoms with Gasteiger partial charge in [0.05, 0.1) is 7.11 Å². The highest BCUT2D eigenvalue weighted by Crippen LogP contribution is 2.26. The van der Waals surface area contributed by atoms with Crippen molar-refractivity contribution < 1.29 is 14.6 Å². The first kappa shape index (κ1) is 15.8. The van der Waals surface area contributed by atoms with E-state index in [1.165, 1.54) is 6.42 Å². The van der Waals surface area contributed by atoms with Crippen LogP contribution in [-0.4, -0.2) is 36.2 Å². The number of hydrogen-bond acceptors (Lipinski definition) is 3. The van der Waals surface area contributed by atoms with Gasteiger partial charge in [-0.25, -0.2) is 0 Å². The van der Waals surface area contributed by atoms with E-state index in [0.29, 0.717) is 0 Å². The molecule has 2 rings (SSSR count). The molecule has 1 aliphatic heterocycles. The van der Waals surface area contributed by atoms with Crippen molar-refractivity contribution >= 4 is 18.4 Å². The Bertz CT molecular complexity index is 402. The normalized spacial score (nSPS) is 17.3. The number of ether oxygens (including phenoxy) is 1. The van der Waals surface area contributed by atoms with Crippen LogP contribution in [0.1, 0.15) is 30.9 Å². The summed E-state index contributed by atoms with van der Waals surface area (Å²) in [5.41, 5.74) is 0.824. The Morgan fingerprint density at radius 1 is 1.21 bits per heavy atom. The van der Waals surface area contributed by atoms with Crippen LogP contribution in [0.2, 0.25) is 0 Å². The van der Waals surface area contributed by atoms with E-state index in [1.54, 1.807) is 7.11 Å². The summed E-state index contributed by atoms with van der Waals surface area (Å²) in [6.45, 7) is 1.73. The van der Waals surface area contributed by atoms with E-state index in [0.717, 1.165) is 37.2 Å². The number of carboxylic acids is 1. The average molecular weight is 286 g/mol. The zero-order valence-electron chi connectivity index (χ0n) is 11.0. The molecule has 1 heterocycles. The Morgan fingerprint density at radius 3 is 2.26 bits per heavy atom. The summed E-state index contributed by atoms with van der Waals surface area (Å²) in [6.07, 6.45) is 3.37. The van der Waals surface area contributed by atoms with Crippen LogP contribution in [0.5, 0.6) is 5.75 Å². The number of likely N-dealkylation sites (tertiary alicyclic amines) is 1.